The van der Waals surface area contributed by atoms with Gasteiger partial charge in [-0.05, 0) is 24.6 Å². The van der Waals surface area contributed by atoms with Crippen LogP contribution in [0.5, 0.6) is 11.5 Å². The number of aromatic nitrogens is 2. The van der Waals surface area contributed by atoms with Crippen molar-refractivity contribution in [3.63, 3.8) is 0 Å². The summed E-state index contributed by atoms with van der Waals surface area (Å²) >= 11 is 0. The number of hydrogen-bond donors (Lipinski definition) is 0. The zero-order chi connectivity index (χ0) is 16.9. The van der Waals surface area contributed by atoms with Crippen molar-refractivity contribution in [3.8, 4) is 11.5 Å². The molecule has 24 heavy (non-hydrogen) atoms. The van der Waals surface area contributed by atoms with Gasteiger partial charge < -0.3 is 14.4 Å². The first-order chi connectivity index (χ1) is 11.7. The fourth-order valence-electron chi connectivity index (χ4n) is 3.07. The highest BCUT2D eigenvalue weighted by Crippen LogP contribution is 2.28. The van der Waals surface area contributed by atoms with Crippen LogP contribution in [0.2, 0.25) is 0 Å². The Balaban J connectivity index is 1.60. The summed E-state index contributed by atoms with van der Waals surface area (Å²) in [6, 6.07) is 6.12. The Hall–Kier alpha value is -2.34. The highest BCUT2D eigenvalue weighted by Gasteiger charge is 2.20. The quantitative estimate of drug-likeness (QED) is 0.838. The first-order valence-corrected chi connectivity index (χ1v) is 8.17. The van der Waals surface area contributed by atoms with Crippen molar-refractivity contribution in [1.29, 1.82) is 0 Å². The molecule has 0 spiro atoms. The van der Waals surface area contributed by atoms with E-state index in [9.17, 15) is 0 Å². The van der Waals surface area contributed by atoms with Crippen LogP contribution in [0.1, 0.15) is 11.3 Å². The van der Waals surface area contributed by atoms with Gasteiger partial charge in [-0.25, -0.2) is 4.98 Å². The third kappa shape index (κ3) is 3.59. The van der Waals surface area contributed by atoms with Crippen LogP contribution >= 0.6 is 0 Å². The summed E-state index contributed by atoms with van der Waals surface area (Å²) in [5, 5.41) is 0. The molecule has 1 aromatic heterocycles. The first kappa shape index (κ1) is 16.5. The minimum absolute atomic E-state index is 0.768. The minimum atomic E-state index is 0.768. The zero-order valence-electron chi connectivity index (χ0n) is 14.5. The Morgan fingerprint density at radius 3 is 2.33 bits per heavy atom. The van der Waals surface area contributed by atoms with E-state index in [-0.39, 0.29) is 0 Å². The number of methoxy groups -OCH3 is 2. The summed E-state index contributed by atoms with van der Waals surface area (Å²) in [4.78, 5) is 13.6. The van der Waals surface area contributed by atoms with Gasteiger partial charge in [-0.2, -0.15) is 0 Å². The van der Waals surface area contributed by atoms with Crippen molar-refractivity contribution in [2.24, 2.45) is 0 Å². The second kappa shape index (κ2) is 7.49. The SMILES string of the molecule is COc1ccc(CN2CCN(c3nccnc3C)CC2)cc1OC. The highest BCUT2D eigenvalue weighted by molar-refractivity contribution is 5.44. The summed E-state index contributed by atoms with van der Waals surface area (Å²) in [6.07, 6.45) is 3.50. The molecule has 0 aliphatic carbocycles. The zero-order valence-corrected chi connectivity index (χ0v) is 14.5. The van der Waals surface area contributed by atoms with E-state index in [1.54, 1.807) is 26.6 Å². The molecule has 1 fully saturated rings. The van der Waals surface area contributed by atoms with Gasteiger partial charge in [0.1, 0.15) is 5.82 Å². The molecule has 6 heteroatoms. The van der Waals surface area contributed by atoms with Crippen LogP contribution < -0.4 is 14.4 Å². The number of anilines is 1. The highest BCUT2D eigenvalue weighted by atomic mass is 16.5. The Morgan fingerprint density at radius 1 is 0.958 bits per heavy atom. The van der Waals surface area contributed by atoms with Gasteiger partial charge >= 0.3 is 0 Å². The van der Waals surface area contributed by atoms with Crippen LogP contribution in [-0.4, -0.2) is 55.3 Å². The molecule has 3 rings (SSSR count). The van der Waals surface area contributed by atoms with Crippen molar-refractivity contribution in [2.45, 2.75) is 13.5 Å². The maximum atomic E-state index is 5.39. The molecular weight excluding hydrogens is 304 g/mol. The van der Waals surface area contributed by atoms with Crippen molar-refractivity contribution >= 4 is 5.82 Å². The van der Waals surface area contributed by atoms with Crippen molar-refractivity contribution in [3.05, 3.63) is 41.9 Å². The van der Waals surface area contributed by atoms with Gasteiger partial charge in [0.15, 0.2) is 11.5 Å². The summed E-state index contributed by atoms with van der Waals surface area (Å²) < 4.78 is 10.7. The van der Waals surface area contributed by atoms with Gasteiger partial charge in [0.2, 0.25) is 0 Å². The molecule has 0 N–H and O–H groups in total. The Labute approximate surface area is 143 Å². The lowest BCUT2D eigenvalue weighted by Crippen LogP contribution is -2.46. The molecule has 2 heterocycles. The number of aryl methyl sites for hydroxylation is 1. The van der Waals surface area contributed by atoms with Crippen molar-refractivity contribution < 1.29 is 9.47 Å². The number of piperazine rings is 1. The summed E-state index contributed by atoms with van der Waals surface area (Å²) in [5.41, 5.74) is 2.22. The lowest BCUT2D eigenvalue weighted by atomic mass is 10.1. The van der Waals surface area contributed by atoms with E-state index in [4.69, 9.17) is 9.47 Å². The van der Waals surface area contributed by atoms with Gasteiger partial charge in [-0.1, -0.05) is 6.07 Å². The van der Waals surface area contributed by atoms with Gasteiger partial charge in [-0.15, -0.1) is 0 Å². The topological polar surface area (TPSA) is 50.7 Å². The molecule has 0 bridgehead atoms. The smallest absolute Gasteiger partial charge is 0.161 e. The molecule has 128 valence electrons. The van der Waals surface area contributed by atoms with E-state index in [0.717, 1.165) is 55.7 Å². The van der Waals surface area contributed by atoms with Crippen LogP contribution in [0.4, 0.5) is 5.82 Å². The standard InChI is InChI=1S/C18H24N4O2/c1-14-18(20-7-6-19-14)22-10-8-21(9-11-22)13-15-4-5-16(23-2)17(12-15)24-3/h4-7,12H,8-11,13H2,1-3H3. The average Bonchev–Trinajstić information content (AvgIpc) is 2.63. The monoisotopic (exact) mass is 328 g/mol. The first-order valence-electron chi connectivity index (χ1n) is 8.17. The van der Waals surface area contributed by atoms with E-state index in [1.165, 1.54) is 5.56 Å². The molecule has 6 nitrogen and oxygen atoms in total. The molecular formula is C18H24N4O2. The summed E-state index contributed by atoms with van der Waals surface area (Å²) in [7, 11) is 3.33. The number of ether oxygens (including phenoxy) is 2. The Morgan fingerprint density at radius 2 is 1.67 bits per heavy atom. The molecule has 0 unspecified atom stereocenters. The maximum absolute atomic E-state index is 5.39. The van der Waals surface area contributed by atoms with E-state index in [1.807, 2.05) is 13.0 Å². The van der Waals surface area contributed by atoms with Crippen LogP contribution in [0.3, 0.4) is 0 Å². The maximum Gasteiger partial charge on any atom is 0.161 e. The number of benzene rings is 1. The number of nitrogens with zero attached hydrogens (tertiary/aromatic N) is 4. The lowest BCUT2D eigenvalue weighted by Gasteiger charge is -2.35. The molecule has 1 aliphatic rings. The third-order valence-corrected chi connectivity index (χ3v) is 4.38. The average molecular weight is 328 g/mol. The summed E-state index contributed by atoms with van der Waals surface area (Å²) in [5.74, 6) is 2.55. The normalized spacial score (nSPS) is 15.4. The predicted molar refractivity (Wildman–Crippen MR) is 93.8 cm³/mol. The predicted octanol–water partition coefficient (Wildman–Crippen LogP) is 2.12. The lowest BCUT2D eigenvalue weighted by molar-refractivity contribution is 0.248. The Bertz CT molecular complexity index is 684. The molecule has 0 saturated carbocycles. The van der Waals surface area contributed by atoms with Crippen LogP contribution in [0, 0.1) is 6.92 Å². The molecule has 2 aromatic rings. The number of hydrogen-bond acceptors (Lipinski definition) is 6. The molecule has 1 aromatic carbocycles. The fraction of sp³-hybridized carbons (Fsp3) is 0.444. The number of rotatable bonds is 5. The van der Waals surface area contributed by atoms with Crippen LogP contribution in [0.15, 0.2) is 30.6 Å². The molecule has 1 saturated heterocycles. The Kier molecular flexibility index (Phi) is 5.15. The fourth-order valence-corrected chi connectivity index (χ4v) is 3.07. The molecule has 0 radical (unpaired) electrons. The van der Waals surface area contributed by atoms with E-state index < -0.39 is 0 Å². The van der Waals surface area contributed by atoms with Crippen LogP contribution in [0.25, 0.3) is 0 Å². The van der Waals surface area contributed by atoms with Gasteiger partial charge in [0.25, 0.3) is 0 Å². The summed E-state index contributed by atoms with van der Waals surface area (Å²) in [6.45, 7) is 6.86. The van der Waals surface area contributed by atoms with E-state index in [0.29, 0.717) is 0 Å². The minimum Gasteiger partial charge on any atom is -0.493 e. The van der Waals surface area contributed by atoms with Crippen molar-refractivity contribution in [1.82, 2.24) is 14.9 Å². The molecule has 0 amide bonds. The van der Waals surface area contributed by atoms with Crippen LogP contribution in [-0.2, 0) is 6.54 Å². The van der Waals surface area contributed by atoms with E-state index >= 15 is 0 Å². The van der Waals surface area contributed by atoms with Gasteiger partial charge in [0.05, 0.1) is 19.9 Å². The van der Waals surface area contributed by atoms with E-state index in [2.05, 4.69) is 31.9 Å². The largest absolute Gasteiger partial charge is 0.493 e. The third-order valence-electron chi connectivity index (χ3n) is 4.38. The van der Waals surface area contributed by atoms with Gasteiger partial charge in [0, 0.05) is 45.1 Å². The van der Waals surface area contributed by atoms with Crippen molar-refractivity contribution in [2.75, 3.05) is 45.3 Å². The second-order valence-corrected chi connectivity index (χ2v) is 5.92. The molecule has 0 atom stereocenters. The van der Waals surface area contributed by atoms with Gasteiger partial charge in [-0.3, -0.25) is 9.88 Å². The molecule has 1 aliphatic heterocycles. The second-order valence-electron chi connectivity index (χ2n) is 5.92.